The van der Waals surface area contributed by atoms with Crippen LogP contribution in [0.1, 0.15) is 25.8 Å². The number of benzene rings is 1. The Morgan fingerprint density at radius 3 is 2.84 bits per heavy atom. The van der Waals surface area contributed by atoms with E-state index in [1.54, 1.807) is 0 Å². The number of rotatable bonds is 5. The first-order chi connectivity index (χ1) is 8.83. The van der Waals surface area contributed by atoms with Gasteiger partial charge >= 0.3 is 5.76 Å². The molecule has 2 aromatic rings. The maximum atomic E-state index is 11.1. The third-order valence-corrected chi connectivity index (χ3v) is 3.07. The zero-order chi connectivity index (χ0) is 14.0. The van der Waals surface area contributed by atoms with Gasteiger partial charge in [-0.3, -0.25) is 4.98 Å². The SMILES string of the molecule is CN(CCC(C)(C)N)Cc1ccc2oc(=O)[nH]c2c1. The molecule has 0 saturated carbocycles. The smallest absolute Gasteiger partial charge is 0.408 e. The van der Waals surface area contributed by atoms with Crippen molar-refractivity contribution in [3.05, 3.63) is 34.3 Å². The molecule has 0 bridgehead atoms. The summed E-state index contributed by atoms with van der Waals surface area (Å²) in [7, 11) is 2.06. The van der Waals surface area contributed by atoms with E-state index >= 15 is 0 Å². The highest BCUT2D eigenvalue weighted by atomic mass is 16.4. The Morgan fingerprint density at radius 1 is 1.42 bits per heavy atom. The molecule has 19 heavy (non-hydrogen) atoms. The Kier molecular flexibility index (Phi) is 3.78. The molecule has 2 rings (SSSR count). The number of hydrogen-bond donors (Lipinski definition) is 2. The third-order valence-electron chi connectivity index (χ3n) is 3.07. The van der Waals surface area contributed by atoms with Crippen molar-refractivity contribution in [3.8, 4) is 0 Å². The molecule has 5 nitrogen and oxygen atoms in total. The summed E-state index contributed by atoms with van der Waals surface area (Å²) in [6.07, 6.45) is 0.939. The summed E-state index contributed by atoms with van der Waals surface area (Å²) in [6.45, 7) is 5.81. The summed E-state index contributed by atoms with van der Waals surface area (Å²) in [5.41, 5.74) is 8.31. The minimum Gasteiger partial charge on any atom is -0.408 e. The summed E-state index contributed by atoms with van der Waals surface area (Å²) < 4.78 is 4.98. The molecule has 1 aromatic carbocycles. The van der Waals surface area contributed by atoms with Gasteiger partial charge in [0.2, 0.25) is 0 Å². The molecule has 0 unspecified atom stereocenters. The van der Waals surface area contributed by atoms with Gasteiger partial charge in [-0.05, 0) is 51.6 Å². The maximum Gasteiger partial charge on any atom is 0.417 e. The van der Waals surface area contributed by atoms with E-state index in [2.05, 4.69) is 16.9 Å². The standard InChI is InChI=1S/C14H21N3O2/c1-14(2,15)6-7-17(3)9-10-4-5-12-11(8-10)16-13(18)19-12/h4-5,8H,6-7,9,15H2,1-3H3,(H,16,18). The number of nitrogens with one attached hydrogen (secondary N) is 1. The highest BCUT2D eigenvalue weighted by Crippen LogP contribution is 2.14. The molecule has 0 fully saturated rings. The lowest BCUT2D eigenvalue weighted by molar-refractivity contribution is 0.289. The molecular weight excluding hydrogens is 242 g/mol. The number of H-pyrrole nitrogens is 1. The molecule has 104 valence electrons. The van der Waals surface area contributed by atoms with Crippen molar-refractivity contribution in [3.63, 3.8) is 0 Å². The molecule has 0 spiro atoms. The molecule has 0 aliphatic carbocycles. The monoisotopic (exact) mass is 263 g/mol. The molecule has 3 N–H and O–H groups in total. The lowest BCUT2D eigenvalue weighted by atomic mass is 10.0. The van der Waals surface area contributed by atoms with E-state index in [4.69, 9.17) is 10.2 Å². The predicted molar refractivity (Wildman–Crippen MR) is 76.1 cm³/mol. The second kappa shape index (κ2) is 5.19. The van der Waals surface area contributed by atoms with E-state index in [1.165, 1.54) is 0 Å². The lowest BCUT2D eigenvalue weighted by Gasteiger charge is -2.23. The van der Waals surface area contributed by atoms with E-state index in [0.29, 0.717) is 5.58 Å². The number of hydrogen-bond acceptors (Lipinski definition) is 4. The zero-order valence-electron chi connectivity index (χ0n) is 11.7. The summed E-state index contributed by atoms with van der Waals surface area (Å²) >= 11 is 0. The number of oxazole rings is 1. The predicted octanol–water partition coefficient (Wildman–Crippen LogP) is 1.68. The fraction of sp³-hybridized carbons (Fsp3) is 0.500. The Balaban J connectivity index is 2.02. The lowest BCUT2D eigenvalue weighted by Crippen LogP contribution is -2.36. The van der Waals surface area contributed by atoms with Gasteiger partial charge in [0.25, 0.3) is 0 Å². The van der Waals surface area contributed by atoms with Crippen molar-refractivity contribution < 1.29 is 4.42 Å². The summed E-state index contributed by atoms with van der Waals surface area (Å²) in [6, 6.07) is 5.75. The molecule has 0 atom stereocenters. The fourth-order valence-electron chi connectivity index (χ4n) is 1.97. The van der Waals surface area contributed by atoms with Crippen molar-refractivity contribution in [2.45, 2.75) is 32.4 Å². The van der Waals surface area contributed by atoms with E-state index in [-0.39, 0.29) is 5.54 Å². The number of aromatic amines is 1. The van der Waals surface area contributed by atoms with Crippen LogP contribution in [0.4, 0.5) is 0 Å². The average Bonchev–Trinajstić information content (AvgIpc) is 2.65. The van der Waals surface area contributed by atoms with E-state index in [1.807, 2.05) is 32.0 Å². The second-order valence-electron chi connectivity index (χ2n) is 5.82. The van der Waals surface area contributed by atoms with Crippen molar-refractivity contribution in [1.29, 1.82) is 0 Å². The molecule has 0 radical (unpaired) electrons. The largest absolute Gasteiger partial charge is 0.417 e. The minimum absolute atomic E-state index is 0.145. The van der Waals surface area contributed by atoms with Crippen molar-refractivity contribution in [1.82, 2.24) is 9.88 Å². The first kappa shape index (κ1) is 13.8. The Morgan fingerprint density at radius 2 is 2.16 bits per heavy atom. The zero-order valence-corrected chi connectivity index (χ0v) is 11.7. The normalized spacial score (nSPS) is 12.5. The van der Waals surface area contributed by atoms with Gasteiger partial charge in [0, 0.05) is 12.1 Å². The van der Waals surface area contributed by atoms with Crippen LogP contribution in [-0.4, -0.2) is 29.0 Å². The number of nitrogens with zero attached hydrogens (tertiary/aromatic N) is 1. The van der Waals surface area contributed by atoms with Gasteiger partial charge in [0.05, 0.1) is 5.52 Å². The van der Waals surface area contributed by atoms with Gasteiger partial charge in [-0.2, -0.15) is 0 Å². The molecule has 1 heterocycles. The summed E-state index contributed by atoms with van der Waals surface area (Å²) in [5.74, 6) is -0.412. The second-order valence-corrected chi connectivity index (χ2v) is 5.82. The fourth-order valence-corrected chi connectivity index (χ4v) is 1.97. The van der Waals surface area contributed by atoms with Crippen LogP contribution in [0.3, 0.4) is 0 Å². The topological polar surface area (TPSA) is 75.3 Å². The first-order valence-corrected chi connectivity index (χ1v) is 6.43. The van der Waals surface area contributed by atoms with Gasteiger partial charge in [-0.15, -0.1) is 0 Å². The number of aromatic nitrogens is 1. The Labute approximate surface area is 112 Å². The molecule has 1 aromatic heterocycles. The first-order valence-electron chi connectivity index (χ1n) is 6.43. The van der Waals surface area contributed by atoms with Gasteiger partial charge in [-0.25, -0.2) is 4.79 Å². The van der Waals surface area contributed by atoms with E-state index in [9.17, 15) is 4.79 Å². The number of nitrogens with two attached hydrogens (primary N) is 1. The average molecular weight is 263 g/mol. The van der Waals surface area contributed by atoms with E-state index < -0.39 is 5.76 Å². The van der Waals surface area contributed by atoms with Crippen LogP contribution in [0, 0.1) is 0 Å². The molecular formula is C14H21N3O2. The van der Waals surface area contributed by atoms with E-state index in [0.717, 1.165) is 30.6 Å². The van der Waals surface area contributed by atoms with Crippen LogP contribution in [-0.2, 0) is 6.54 Å². The van der Waals surface area contributed by atoms with Crippen LogP contribution in [0.25, 0.3) is 11.1 Å². The van der Waals surface area contributed by atoms with Crippen LogP contribution >= 0.6 is 0 Å². The molecule has 0 amide bonds. The quantitative estimate of drug-likeness (QED) is 0.860. The van der Waals surface area contributed by atoms with Crippen molar-refractivity contribution in [2.75, 3.05) is 13.6 Å². The Hall–Kier alpha value is -1.59. The molecule has 0 aliphatic rings. The van der Waals surface area contributed by atoms with Gasteiger partial charge in [-0.1, -0.05) is 6.07 Å². The third kappa shape index (κ3) is 3.94. The maximum absolute atomic E-state index is 11.1. The number of fused-ring (bicyclic) bond motifs is 1. The highest BCUT2D eigenvalue weighted by molar-refractivity contribution is 5.72. The molecule has 0 saturated heterocycles. The Bertz CT molecular complexity index is 607. The highest BCUT2D eigenvalue weighted by Gasteiger charge is 2.12. The van der Waals surface area contributed by atoms with Gasteiger partial charge in [0.15, 0.2) is 5.58 Å². The minimum atomic E-state index is -0.412. The van der Waals surface area contributed by atoms with Gasteiger partial charge in [0.1, 0.15) is 0 Å². The summed E-state index contributed by atoms with van der Waals surface area (Å²) in [5, 5.41) is 0. The van der Waals surface area contributed by atoms with Crippen LogP contribution in [0.2, 0.25) is 0 Å². The van der Waals surface area contributed by atoms with Crippen molar-refractivity contribution >= 4 is 11.1 Å². The van der Waals surface area contributed by atoms with Crippen LogP contribution in [0.15, 0.2) is 27.4 Å². The van der Waals surface area contributed by atoms with Crippen LogP contribution < -0.4 is 11.5 Å². The molecule has 0 aliphatic heterocycles. The van der Waals surface area contributed by atoms with Crippen molar-refractivity contribution in [2.24, 2.45) is 5.73 Å². The van der Waals surface area contributed by atoms with Crippen LogP contribution in [0.5, 0.6) is 0 Å². The van der Waals surface area contributed by atoms with Gasteiger partial charge < -0.3 is 15.1 Å². The summed E-state index contributed by atoms with van der Waals surface area (Å²) in [4.78, 5) is 16.0. The molecule has 5 heteroatoms.